The van der Waals surface area contributed by atoms with Gasteiger partial charge < -0.3 is 5.32 Å². The first-order valence-corrected chi connectivity index (χ1v) is 7.62. The predicted octanol–water partition coefficient (Wildman–Crippen LogP) is 4.80. The summed E-state index contributed by atoms with van der Waals surface area (Å²) >= 11 is 10.2. The van der Waals surface area contributed by atoms with E-state index in [1.54, 1.807) is 18.2 Å². The molecule has 0 radical (unpaired) electrons. The molecule has 0 unspecified atom stereocenters. The summed E-state index contributed by atoms with van der Waals surface area (Å²) in [5.74, 6) is -0.131. The van der Waals surface area contributed by atoms with E-state index < -0.39 is 0 Å². The van der Waals surface area contributed by atoms with E-state index in [9.17, 15) is 4.79 Å². The van der Waals surface area contributed by atoms with Gasteiger partial charge in [0.25, 0.3) is 5.91 Å². The van der Waals surface area contributed by atoms with Crippen molar-refractivity contribution in [2.45, 2.75) is 0 Å². The molecule has 2 aromatic rings. The van der Waals surface area contributed by atoms with Crippen LogP contribution in [0, 0.1) is 7.14 Å². The van der Waals surface area contributed by atoms with Crippen LogP contribution in [0.4, 0.5) is 5.69 Å². The smallest absolute Gasteiger partial charge is 0.255 e. The molecule has 0 aliphatic heterocycles. The van der Waals surface area contributed by atoms with Crippen LogP contribution in [0.3, 0.4) is 0 Å². The highest BCUT2D eigenvalue weighted by Gasteiger charge is 2.09. The maximum Gasteiger partial charge on any atom is 0.255 e. The van der Waals surface area contributed by atoms with E-state index in [0.29, 0.717) is 10.6 Å². The molecule has 0 fully saturated rings. The first-order chi connectivity index (χ1) is 8.58. The Morgan fingerprint density at radius 1 is 1.06 bits per heavy atom. The summed E-state index contributed by atoms with van der Waals surface area (Å²) in [5, 5.41) is 3.53. The van der Waals surface area contributed by atoms with Gasteiger partial charge in [0.15, 0.2) is 0 Å². The van der Waals surface area contributed by atoms with Crippen molar-refractivity contribution in [1.29, 1.82) is 0 Å². The number of rotatable bonds is 2. The zero-order chi connectivity index (χ0) is 13.1. The summed E-state index contributed by atoms with van der Waals surface area (Å²) in [6.45, 7) is 0. The molecule has 2 nitrogen and oxygen atoms in total. The van der Waals surface area contributed by atoms with E-state index in [1.807, 2.05) is 24.3 Å². The minimum atomic E-state index is -0.131. The van der Waals surface area contributed by atoms with E-state index in [2.05, 4.69) is 50.5 Å². The van der Waals surface area contributed by atoms with Crippen molar-refractivity contribution in [3.8, 4) is 0 Å². The number of amides is 1. The lowest BCUT2D eigenvalue weighted by Crippen LogP contribution is -2.12. The fraction of sp³-hybridized carbons (Fsp3) is 0. The van der Waals surface area contributed by atoms with Crippen molar-refractivity contribution in [3.05, 3.63) is 60.2 Å². The van der Waals surface area contributed by atoms with Gasteiger partial charge in [0.1, 0.15) is 0 Å². The Kier molecular flexibility index (Phi) is 4.85. The number of hydrogen-bond donors (Lipinski definition) is 1. The van der Waals surface area contributed by atoms with Crippen LogP contribution in [0.25, 0.3) is 0 Å². The highest BCUT2D eigenvalue weighted by molar-refractivity contribution is 14.1. The van der Waals surface area contributed by atoms with Crippen LogP contribution < -0.4 is 5.32 Å². The molecule has 0 atom stereocenters. The van der Waals surface area contributed by atoms with Gasteiger partial charge in [-0.1, -0.05) is 23.7 Å². The van der Waals surface area contributed by atoms with Gasteiger partial charge in [0.2, 0.25) is 0 Å². The predicted molar refractivity (Wildman–Crippen MR) is 91.3 cm³/mol. The van der Waals surface area contributed by atoms with Crippen LogP contribution >= 0.6 is 56.8 Å². The minimum Gasteiger partial charge on any atom is -0.321 e. The zero-order valence-corrected chi connectivity index (χ0v) is 14.2. The summed E-state index contributed by atoms with van der Waals surface area (Å²) in [6.07, 6.45) is 0. The Morgan fingerprint density at radius 3 is 2.44 bits per heavy atom. The fourth-order valence-electron chi connectivity index (χ4n) is 1.39. The number of halogens is 3. The number of nitrogens with one attached hydrogen (secondary N) is 1. The fourth-order valence-corrected chi connectivity index (χ4v) is 2.55. The molecule has 0 aromatic heterocycles. The maximum absolute atomic E-state index is 12.1. The lowest BCUT2D eigenvalue weighted by atomic mass is 10.2. The molecule has 92 valence electrons. The first-order valence-electron chi connectivity index (χ1n) is 5.09. The average Bonchev–Trinajstić information content (AvgIpc) is 2.35. The van der Waals surface area contributed by atoms with Crippen LogP contribution in [0.1, 0.15) is 10.4 Å². The lowest BCUT2D eigenvalue weighted by Gasteiger charge is -2.07. The summed E-state index contributed by atoms with van der Waals surface area (Å²) in [5.41, 5.74) is 1.41. The quantitative estimate of drug-likeness (QED) is 0.611. The van der Waals surface area contributed by atoms with Crippen LogP contribution in [0.5, 0.6) is 0 Å². The van der Waals surface area contributed by atoms with Gasteiger partial charge in [-0.2, -0.15) is 0 Å². The molecule has 0 aliphatic carbocycles. The summed E-state index contributed by atoms with van der Waals surface area (Å²) in [7, 11) is 0. The first kappa shape index (κ1) is 14.1. The van der Waals surface area contributed by atoms with E-state index in [4.69, 9.17) is 11.6 Å². The Labute approximate surface area is 137 Å². The van der Waals surface area contributed by atoms with Crippen molar-refractivity contribution in [2.24, 2.45) is 0 Å². The molecule has 2 aromatic carbocycles. The third kappa shape index (κ3) is 3.36. The van der Waals surface area contributed by atoms with Crippen molar-refractivity contribution in [2.75, 3.05) is 5.32 Å². The summed E-state index contributed by atoms with van der Waals surface area (Å²) in [6, 6.07) is 12.9. The Morgan fingerprint density at radius 2 is 1.78 bits per heavy atom. The largest absolute Gasteiger partial charge is 0.321 e. The molecule has 0 saturated carbocycles. The van der Waals surface area contributed by atoms with E-state index >= 15 is 0 Å². The zero-order valence-electron chi connectivity index (χ0n) is 9.08. The van der Waals surface area contributed by atoms with Crippen LogP contribution in [0.15, 0.2) is 42.5 Å². The maximum atomic E-state index is 12.1. The molecule has 0 aliphatic rings. The molecule has 0 saturated heterocycles. The average molecular weight is 483 g/mol. The molecule has 0 spiro atoms. The van der Waals surface area contributed by atoms with Crippen molar-refractivity contribution in [1.82, 2.24) is 0 Å². The van der Waals surface area contributed by atoms with Gasteiger partial charge in [-0.05, 0) is 75.5 Å². The highest BCUT2D eigenvalue weighted by Crippen LogP contribution is 2.21. The number of carbonyl (C=O) groups is 1. The Hall–Kier alpha value is -0.340. The van der Waals surface area contributed by atoms with Gasteiger partial charge in [-0.25, -0.2) is 0 Å². The van der Waals surface area contributed by atoms with Gasteiger partial charge in [-0.3, -0.25) is 4.79 Å². The second kappa shape index (κ2) is 6.21. The molecular weight excluding hydrogens is 475 g/mol. The molecule has 1 N–H and O–H groups in total. The molecule has 0 heterocycles. The monoisotopic (exact) mass is 483 g/mol. The molecule has 2 rings (SSSR count). The third-order valence-electron chi connectivity index (χ3n) is 2.30. The van der Waals surface area contributed by atoms with Gasteiger partial charge >= 0.3 is 0 Å². The van der Waals surface area contributed by atoms with Gasteiger partial charge in [-0.15, -0.1) is 0 Å². The SMILES string of the molecule is O=C(Nc1ccccc1I)c1ccc(Cl)c(I)c1. The van der Waals surface area contributed by atoms with Crippen molar-refractivity contribution >= 4 is 68.4 Å². The molecular formula is C13H8ClI2NO. The van der Waals surface area contributed by atoms with Crippen molar-refractivity contribution in [3.63, 3.8) is 0 Å². The number of carbonyl (C=O) groups excluding carboxylic acids is 1. The molecule has 0 bridgehead atoms. The molecule has 1 amide bonds. The van der Waals surface area contributed by atoms with Gasteiger partial charge in [0.05, 0.1) is 10.7 Å². The second-order valence-electron chi connectivity index (χ2n) is 3.56. The lowest BCUT2D eigenvalue weighted by molar-refractivity contribution is 0.102. The molecule has 18 heavy (non-hydrogen) atoms. The molecule has 5 heteroatoms. The number of hydrogen-bond acceptors (Lipinski definition) is 1. The van der Waals surface area contributed by atoms with E-state index in [0.717, 1.165) is 12.8 Å². The van der Waals surface area contributed by atoms with Crippen molar-refractivity contribution < 1.29 is 4.79 Å². The summed E-state index contributed by atoms with van der Waals surface area (Å²) in [4.78, 5) is 12.1. The minimum absolute atomic E-state index is 0.131. The van der Waals surface area contributed by atoms with Gasteiger partial charge in [0, 0.05) is 12.7 Å². The van der Waals surface area contributed by atoms with E-state index in [-0.39, 0.29) is 5.91 Å². The van der Waals surface area contributed by atoms with E-state index in [1.165, 1.54) is 0 Å². The number of anilines is 1. The van der Waals surface area contributed by atoms with Crippen LogP contribution in [-0.2, 0) is 0 Å². The Bertz CT molecular complexity index is 601. The van der Waals surface area contributed by atoms with Crippen LogP contribution in [0.2, 0.25) is 5.02 Å². The summed E-state index contributed by atoms with van der Waals surface area (Å²) < 4.78 is 1.87. The third-order valence-corrected chi connectivity index (χ3v) is 4.79. The topological polar surface area (TPSA) is 29.1 Å². The number of benzene rings is 2. The highest BCUT2D eigenvalue weighted by atomic mass is 127. The number of para-hydroxylation sites is 1. The standard InChI is InChI=1S/C13H8ClI2NO/c14-9-6-5-8(7-11(9)16)13(18)17-12-4-2-1-3-10(12)15/h1-7H,(H,17,18). The second-order valence-corrected chi connectivity index (χ2v) is 6.29. The van der Waals surface area contributed by atoms with Crippen LogP contribution in [-0.4, -0.2) is 5.91 Å². The Balaban J connectivity index is 2.22. The normalized spacial score (nSPS) is 10.2.